The molecule has 0 amide bonds. The third-order valence-electron chi connectivity index (χ3n) is 5.16. The lowest BCUT2D eigenvalue weighted by molar-refractivity contribution is 0.283. The van der Waals surface area contributed by atoms with Crippen LogP contribution in [0.1, 0.15) is 51.5 Å². The number of hydrogen-bond donors (Lipinski definition) is 2. The summed E-state index contributed by atoms with van der Waals surface area (Å²) in [6.45, 7) is 6.64. The average molecular weight is 366 g/mol. The molecule has 0 radical (unpaired) electrons. The standard InChI is InChI=1S/C19H31N3O2S/c1-4-19(12-6-7-13-19)15-22-18(20-5-2)21-14-16-8-10-17(11-9-16)25(3,23)24/h8-11H,4-7,12-15H2,1-3H3,(H2,20,21,22). The highest BCUT2D eigenvalue weighted by atomic mass is 32.2. The predicted molar refractivity (Wildman–Crippen MR) is 104 cm³/mol. The summed E-state index contributed by atoms with van der Waals surface area (Å²) < 4.78 is 23.0. The van der Waals surface area contributed by atoms with Crippen molar-refractivity contribution in [2.75, 3.05) is 19.3 Å². The molecule has 140 valence electrons. The van der Waals surface area contributed by atoms with Crippen molar-refractivity contribution in [3.8, 4) is 0 Å². The van der Waals surface area contributed by atoms with Crippen molar-refractivity contribution in [2.24, 2.45) is 10.4 Å². The third kappa shape index (κ3) is 5.73. The van der Waals surface area contributed by atoms with Crippen LogP contribution in [0, 0.1) is 5.41 Å². The first-order chi connectivity index (χ1) is 11.9. The first-order valence-electron chi connectivity index (χ1n) is 9.20. The molecular formula is C19H31N3O2S. The molecule has 2 rings (SSSR count). The van der Waals surface area contributed by atoms with E-state index in [1.165, 1.54) is 38.4 Å². The maximum absolute atomic E-state index is 11.5. The molecule has 0 aromatic heterocycles. The van der Waals surface area contributed by atoms with E-state index in [1.807, 2.05) is 12.1 Å². The molecule has 2 N–H and O–H groups in total. The molecule has 1 saturated carbocycles. The average Bonchev–Trinajstić information content (AvgIpc) is 3.06. The van der Waals surface area contributed by atoms with Crippen LogP contribution in [0.15, 0.2) is 34.2 Å². The van der Waals surface area contributed by atoms with Crippen molar-refractivity contribution in [3.05, 3.63) is 29.8 Å². The van der Waals surface area contributed by atoms with E-state index in [1.54, 1.807) is 12.1 Å². The van der Waals surface area contributed by atoms with Crippen LogP contribution in [-0.2, 0) is 16.4 Å². The molecule has 0 aliphatic heterocycles. The molecule has 0 bridgehead atoms. The van der Waals surface area contributed by atoms with Crippen molar-refractivity contribution in [1.82, 2.24) is 10.6 Å². The Kier molecular flexibility index (Phi) is 6.87. The van der Waals surface area contributed by atoms with Crippen LogP contribution >= 0.6 is 0 Å². The fourth-order valence-electron chi connectivity index (χ4n) is 3.41. The molecule has 6 heteroatoms. The maximum atomic E-state index is 11.5. The number of rotatable bonds is 7. The molecule has 1 aromatic rings. The molecular weight excluding hydrogens is 334 g/mol. The minimum atomic E-state index is -3.15. The normalized spacial score (nSPS) is 17.5. The van der Waals surface area contributed by atoms with E-state index in [9.17, 15) is 8.42 Å². The monoisotopic (exact) mass is 365 g/mol. The van der Waals surface area contributed by atoms with Crippen molar-refractivity contribution in [3.63, 3.8) is 0 Å². The predicted octanol–water partition coefficient (Wildman–Crippen LogP) is 3.12. The molecule has 1 fully saturated rings. The minimum Gasteiger partial charge on any atom is -0.357 e. The quantitative estimate of drug-likeness (QED) is 0.575. The summed E-state index contributed by atoms with van der Waals surface area (Å²) in [6, 6.07) is 6.94. The number of nitrogens with zero attached hydrogens (tertiary/aromatic N) is 1. The Morgan fingerprint density at radius 3 is 2.28 bits per heavy atom. The van der Waals surface area contributed by atoms with Crippen molar-refractivity contribution < 1.29 is 8.42 Å². The molecule has 0 saturated heterocycles. The van der Waals surface area contributed by atoms with Crippen LogP contribution in [-0.4, -0.2) is 33.7 Å². The summed E-state index contributed by atoms with van der Waals surface area (Å²) in [7, 11) is -3.15. The van der Waals surface area contributed by atoms with Gasteiger partial charge in [-0.15, -0.1) is 0 Å². The van der Waals surface area contributed by atoms with Crippen LogP contribution in [0.5, 0.6) is 0 Å². The van der Waals surface area contributed by atoms with Crippen LogP contribution < -0.4 is 10.6 Å². The highest BCUT2D eigenvalue weighted by Crippen LogP contribution is 2.40. The topological polar surface area (TPSA) is 70.6 Å². The Labute approximate surface area is 152 Å². The molecule has 0 unspecified atom stereocenters. The molecule has 1 aromatic carbocycles. The highest BCUT2D eigenvalue weighted by Gasteiger charge is 2.31. The van der Waals surface area contributed by atoms with E-state index in [0.717, 1.165) is 24.6 Å². The molecule has 0 spiro atoms. The Morgan fingerprint density at radius 2 is 1.76 bits per heavy atom. The lowest BCUT2D eigenvalue weighted by atomic mass is 9.83. The number of benzene rings is 1. The van der Waals surface area contributed by atoms with E-state index in [0.29, 0.717) is 16.9 Å². The summed E-state index contributed by atoms with van der Waals surface area (Å²) in [5, 5.41) is 6.80. The second-order valence-electron chi connectivity index (χ2n) is 7.03. The van der Waals surface area contributed by atoms with E-state index < -0.39 is 9.84 Å². The van der Waals surface area contributed by atoms with Gasteiger partial charge >= 0.3 is 0 Å². The largest absolute Gasteiger partial charge is 0.357 e. The fourth-order valence-corrected chi connectivity index (χ4v) is 4.04. The lowest BCUT2D eigenvalue weighted by Gasteiger charge is -2.28. The van der Waals surface area contributed by atoms with Gasteiger partial charge < -0.3 is 10.6 Å². The van der Waals surface area contributed by atoms with Gasteiger partial charge in [0.2, 0.25) is 0 Å². The van der Waals surface area contributed by atoms with Gasteiger partial charge in [0.15, 0.2) is 15.8 Å². The zero-order valence-corrected chi connectivity index (χ0v) is 16.5. The first-order valence-corrected chi connectivity index (χ1v) is 11.1. The summed E-state index contributed by atoms with van der Waals surface area (Å²) in [5.74, 6) is 0.828. The van der Waals surface area contributed by atoms with Crippen LogP contribution in [0.25, 0.3) is 0 Å². The van der Waals surface area contributed by atoms with E-state index in [-0.39, 0.29) is 0 Å². The zero-order chi connectivity index (χ0) is 18.3. The van der Waals surface area contributed by atoms with Crippen LogP contribution in [0.3, 0.4) is 0 Å². The number of aliphatic imine (C=N–C) groups is 1. The van der Waals surface area contributed by atoms with Gasteiger partial charge in [-0.2, -0.15) is 0 Å². The first kappa shape index (κ1) is 19.8. The second kappa shape index (κ2) is 8.70. The van der Waals surface area contributed by atoms with Gasteiger partial charge in [0.25, 0.3) is 0 Å². The van der Waals surface area contributed by atoms with Crippen molar-refractivity contribution in [2.45, 2.75) is 57.4 Å². The van der Waals surface area contributed by atoms with Gasteiger partial charge in [0.1, 0.15) is 0 Å². The smallest absolute Gasteiger partial charge is 0.191 e. The molecule has 5 nitrogen and oxygen atoms in total. The Hall–Kier alpha value is -1.56. The summed E-state index contributed by atoms with van der Waals surface area (Å²) in [6.07, 6.45) is 7.67. The molecule has 1 aliphatic rings. The number of guanidine groups is 1. The maximum Gasteiger partial charge on any atom is 0.191 e. The van der Waals surface area contributed by atoms with E-state index >= 15 is 0 Å². The van der Waals surface area contributed by atoms with E-state index in [4.69, 9.17) is 0 Å². The summed E-state index contributed by atoms with van der Waals surface area (Å²) >= 11 is 0. The van der Waals surface area contributed by atoms with Gasteiger partial charge in [-0.3, -0.25) is 0 Å². The van der Waals surface area contributed by atoms with Gasteiger partial charge in [0.05, 0.1) is 11.4 Å². The minimum absolute atomic E-state index is 0.344. The zero-order valence-electron chi connectivity index (χ0n) is 15.6. The third-order valence-corrected chi connectivity index (χ3v) is 6.29. The van der Waals surface area contributed by atoms with Crippen molar-refractivity contribution in [1.29, 1.82) is 0 Å². The highest BCUT2D eigenvalue weighted by molar-refractivity contribution is 7.90. The summed E-state index contributed by atoms with van der Waals surface area (Å²) in [5.41, 5.74) is 1.41. The van der Waals surface area contributed by atoms with Gasteiger partial charge in [0, 0.05) is 19.3 Å². The summed E-state index contributed by atoms with van der Waals surface area (Å²) in [4.78, 5) is 4.99. The number of nitrogens with one attached hydrogen (secondary N) is 2. The fraction of sp³-hybridized carbons (Fsp3) is 0.632. The van der Waals surface area contributed by atoms with Crippen LogP contribution in [0.4, 0.5) is 0 Å². The van der Waals surface area contributed by atoms with E-state index in [2.05, 4.69) is 29.5 Å². The number of sulfone groups is 1. The molecule has 0 atom stereocenters. The second-order valence-corrected chi connectivity index (χ2v) is 9.04. The number of hydrogen-bond acceptors (Lipinski definition) is 3. The van der Waals surface area contributed by atoms with Gasteiger partial charge in [-0.1, -0.05) is 31.9 Å². The molecule has 1 aliphatic carbocycles. The van der Waals surface area contributed by atoms with Crippen LogP contribution in [0.2, 0.25) is 0 Å². The molecule has 25 heavy (non-hydrogen) atoms. The van der Waals surface area contributed by atoms with Gasteiger partial charge in [-0.25, -0.2) is 13.4 Å². The Balaban J connectivity index is 1.99. The molecule has 0 heterocycles. The SMILES string of the molecule is CCNC(=NCc1ccc(S(C)(=O)=O)cc1)NCC1(CC)CCCC1. The lowest BCUT2D eigenvalue weighted by Crippen LogP contribution is -2.42. The Bertz CT molecular complexity index is 675. The van der Waals surface area contributed by atoms with Gasteiger partial charge in [-0.05, 0) is 49.3 Å². The van der Waals surface area contributed by atoms with Crippen molar-refractivity contribution >= 4 is 15.8 Å². The Morgan fingerprint density at radius 1 is 1.12 bits per heavy atom.